The molecule has 0 saturated carbocycles. The third kappa shape index (κ3) is 5.53. The summed E-state index contributed by atoms with van der Waals surface area (Å²) in [5, 5.41) is 1.37. The molecule has 0 spiro atoms. The number of hydrazine groups is 1. The molecule has 0 fully saturated rings. The van der Waals surface area contributed by atoms with E-state index in [1.54, 1.807) is 38.4 Å². The molecule has 96 valence electrons. The Morgan fingerprint density at radius 1 is 1.29 bits per heavy atom. The molecule has 1 aromatic carbocycles. The van der Waals surface area contributed by atoms with E-state index in [2.05, 4.69) is 4.83 Å². The number of ether oxygens (including phenoxy) is 1. The zero-order chi connectivity index (χ0) is 12.9. The summed E-state index contributed by atoms with van der Waals surface area (Å²) >= 11 is 0. The van der Waals surface area contributed by atoms with Crippen molar-refractivity contribution in [3.8, 4) is 5.75 Å². The Morgan fingerprint density at radius 3 is 2.41 bits per heavy atom. The van der Waals surface area contributed by atoms with Crippen LogP contribution in [0, 0.1) is 0 Å². The summed E-state index contributed by atoms with van der Waals surface area (Å²) in [6.45, 7) is 0.0904. The number of hydrogen-bond donors (Lipinski definition) is 2. The smallest absolute Gasteiger partial charge is 0.227 e. The Kier molecular flexibility index (Phi) is 4.73. The first-order valence-corrected chi connectivity index (χ1v) is 6.70. The molecule has 0 aromatic heterocycles. The van der Waals surface area contributed by atoms with Crippen LogP contribution in [0.4, 0.5) is 5.69 Å². The second kappa shape index (κ2) is 5.85. The normalized spacial score (nSPS) is 11.7. The summed E-state index contributed by atoms with van der Waals surface area (Å²) < 4.78 is 28.2. The Morgan fingerprint density at radius 2 is 1.88 bits per heavy atom. The maximum absolute atomic E-state index is 11.4. The lowest BCUT2D eigenvalue weighted by Crippen LogP contribution is -2.38. The molecule has 7 heteroatoms. The molecule has 0 aliphatic carbocycles. The molecule has 6 nitrogen and oxygen atoms in total. The fourth-order valence-electron chi connectivity index (χ4n) is 1.16. The van der Waals surface area contributed by atoms with E-state index in [0.717, 1.165) is 0 Å². The number of nitrogens with one attached hydrogen (secondary N) is 1. The van der Waals surface area contributed by atoms with Crippen LogP contribution in [-0.2, 0) is 10.0 Å². The number of benzene rings is 1. The number of nitrogens with zero attached hydrogens (tertiary/aromatic N) is 1. The average molecular weight is 259 g/mol. The van der Waals surface area contributed by atoms with Gasteiger partial charge >= 0.3 is 0 Å². The molecule has 0 aliphatic heterocycles. The monoisotopic (exact) mass is 259 g/mol. The van der Waals surface area contributed by atoms with Gasteiger partial charge in [0, 0.05) is 19.8 Å². The average Bonchev–Trinajstić information content (AvgIpc) is 2.18. The number of anilines is 1. The summed E-state index contributed by atoms with van der Waals surface area (Å²) in [6.07, 6.45) is 0. The maximum Gasteiger partial charge on any atom is 0.227 e. The van der Waals surface area contributed by atoms with Gasteiger partial charge in [-0.05, 0) is 24.3 Å². The number of rotatable bonds is 6. The van der Waals surface area contributed by atoms with Crippen molar-refractivity contribution in [2.24, 2.45) is 0 Å². The highest BCUT2D eigenvalue weighted by atomic mass is 32.2. The lowest BCUT2D eigenvalue weighted by molar-refractivity contribution is 0.331. The van der Waals surface area contributed by atoms with Gasteiger partial charge < -0.3 is 10.5 Å². The van der Waals surface area contributed by atoms with Gasteiger partial charge in [-0.1, -0.05) is 0 Å². The van der Waals surface area contributed by atoms with Gasteiger partial charge in [-0.3, -0.25) is 0 Å². The molecule has 17 heavy (non-hydrogen) atoms. The predicted octanol–water partition coefficient (Wildman–Crippen LogP) is 0.0436. The number of hydrogen-bond acceptors (Lipinski definition) is 5. The van der Waals surface area contributed by atoms with E-state index in [4.69, 9.17) is 10.5 Å². The molecule has 0 atom stereocenters. The summed E-state index contributed by atoms with van der Waals surface area (Å²) in [5.41, 5.74) is 6.15. The molecule has 0 radical (unpaired) electrons. The maximum atomic E-state index is 11.4. The number of sulfonamides is 1. The minimum atomic E-state index is -3.33. The van der Waals surface area contributed by atoms with Gasteiger partial charge in [0.25, 0.3) is 0 Å². The van der Waals surface area contributed by atoms with Crippen LogP contribution in [0.2, 0.25) is 0 Å². The van der Waals surface area contributed by atoms with E-state index >= 15 is 0 Å². The van der Waals surface area contributed by atoms with E-state index in [-0.39, 0.29) is 12.4 Å². The quantitative estimate of drug-likeness (QED) is 0.557. The van der Waals surface area contributed by atoms with Crippen molar-refractivity contribution in [3.63, 3.8) is 0 Å². The third-order valence-corrected chi connectivity index (χ3v) is 3.17. The van der Waals surface area contributed by atoms with E-state index in [0.29, 0.717) is 11.4 Å². The van der Waals surface area contributed by atoms with Crippen molar-refractivity contribution in [1.82, 2.24) is 9.84 Å². The topological polar surface area (TPSA) is 84.7 Å². The number of nitrogen functional groups attached to an aromatic ring is 1. The minimum absolute atomic E-state index is 0.0904. The van der Waals surface area contributed by atoms with Crippen LogP contribution in [0.1, 0.15) is 0 Å². The minimum Gasteiger partial charge on any atom is -0.492 e. The third-order valence-electron chi connectivity index (χ3n) is 1.82. The van der Waals surface area contributed by atoms with Crippen LogP contribution in [0.25, 0.3) is 0 Å². The first-order chi connectivity index (χ1) is 7.89. The zero-order valence-electron chi connectivity index (χ0n) is 9.88. The van der Waals surface area contributed by atoms with E-state index in [1.807, 2.05) is 0 Å². The van der Waals surface area contributed by atoms with Crippen molar-refractivity contribution >= 4 is 15.7 Å². The van der Waals surface area contributed by atoms with Crippen LogP contribution < -0.4 is 15.3 Å². The summed E-state index contributed by atoms with van der Waals surface area (Å²) in [4.78, 5) is 2.32. The Labute approximate surface area is 101 Å². The Hall–Kier alpha value is -1.31. The standard InChI is InChI=1S/C10H17N3O3S/c1-13(2)12-17(14,15)8-7-16-10-5-3-9(11)4-6-10/h3-6,12H,7-8,11H2,1-2H3. The lowest BCUT2D eigenvalue weighted by Gasteiger charge is -2.12. The van der Waals surface area contributed by atoms with Gasteiger partial charge in [0.05, 0.1) is 5.75 Å². The largest absolute Gasteiger partial charge is 0.492 e. The molecule has 0 unspecified atom stereocenters. The van der Waals surface area contributed by atoms with Crippen LogP contribution in [0.15, 0.2) is 24.3 Å². The fraction of sp³-hybridized carbons (Fsp3) is 0.400. The van der Waals surface area contributed by atoms with Gasteiger partial charge in [0.1, 0.15) is 12.4 Å². The molecular formula is C10H17N3O3S. The molecule has 0 amide bonds. The molecule has 3 N–H and O–H groups in total. The second-order valence-electron chi connectivity index (χ2n) is 3.72. The van der Waals surface area contributed by atoms with Crippen LogP contribution in [0.5, 0.6) is 5.75 Å². The van der Waals surface area contributed by atoms with Crippen molar-refractivity contribution in [3.05, 3.63) is 24.3 Å². The highest BCUT2D eigenvalue weighted by Crippen LogP contribution is 2.12. The van der Waals surface area contributed by atoms with Crippen molar-refractivity contribution in [2.75, 3.05) is 32.2 Å². The van der Waals surface area contributed by atoms with E-state index < -0.39 is 10.0 Å². The van der Waals surface area contributed by atoms with Gasteiger partial charge in [-0.25, -0.2) is 13.4 Å². The van der Waals surface area contributed by atoms with Gasteiger partial charge in [-0.2, -0.15) is 0 Å². The van der Waals surface area contributed by atoms with Crippen molar-refractivity contribution in [2.45, 2.75) is 0 Å². The molecular weight excluding hydrogens is 242 g/mol. The predicted molar refractivity (Wildman–Crippen MR) is 67.0 cm³/mol. The van der Waals surface area contributed by atoms with Gasteiger partial charge in [-0.15, -0.1) is 4.83 Å². The van der Waals surface area contributed by atoms with Crippen LogP contribution >= 0.6 is 0 Å². The molecule has 0 bridgehead atoms. The summed E-state index contributed by atoms with van der Waals surface area (Å²) in [7, 11) is -0.114. The van der Waals surface area contributed by atoms with Gasteiger partial charge in [0.2, 0.25) is 10.0 Å². The molecule has 1 rings (SSSR count). The first-order valence-electron chi connectivity index (χ1n) is 5.05. The SMILES string of the molecule is CN(C)NS(=O)(=O)CCOc1ccc(N)cc1. The molecule has 1 aromatic rings. The summed E-state index contributed by atoms with van der Waals surface area (Å²) in [6, 6.07) is 6.78. The Bertz CT molecular complexity index is 442. The van der Waals surface area contributed by atoms with Crippen molar-refractivity contribution in [1.29, 1.82) is 0 Å². The highest BCUT2D eigenvalue weighted by molar-refractivity contribution is 7.89. The van der Waals surface area contributed by atoms with Crippen molar-refractivity contribution < 1.29 is 13.2 Å². The molecule has 0 heterocycles. The van der Waals surface area contributed by atoms with E-state index in [1.165, 1.54) is 5.01 Å². The highest BCUT2D eigenvalue weighted by Gasteiger charge is 2.10. The van der Waals surface area contributed by atoms with Gasteiger partial charge in [0.15, 0.2) is 0 Å². The summed E-state index contributed by atoms with van der Waals surface area (Å²) in [5.74, 6) is 0.495. The Balaban J connectivity index is 2.40. The molecule has 0 saturated heterocycles. The van der Waals surface area contributed by atoms with Crippen LogP contribution in [-0.4, -0.2) is 39.9 Å². The number of nitrogens with two attached hydrogens (primary N) is 1. The lowest BCUT2D eigenvalue weighted by atomic mass is 10.3. The second-order valence-corrected chi connectivity index (χ2v) is 5.54. The van der Waals surface area contributed by atoms with E-state index in [9.17, 15) is 8.42 Å². The van der Waals surface area contributed by atoms with Crippen LogP contribution in [0.3, 0.4) is 0 Å². The fourth-order valence-corrected chi connectivity index (χ4v) is 2.11. The first kappa shape index (κ1) is 13.8. The molecule has 0 aliphatic rings. The zero-order valence-corrected chi connectivity index (χ0v) is 10.7.